The Kier molecular flexibility index (Phi) is 4.59. The van der Waals surface area contributed by atoms with Crippen LogP contribution in [0.15, 0.2) is 36.4 Å². The molecule has 0 radical (unpaired) electrons. The number of hydrogen-bond donors (Lipinski definition) is 1. The van der Waals surface area contributed by atoms with Crippen LogP contribution in [0.3, 0.4) is 0 Å². The molecule has 0 spiro atoms. The van der Waals surface area contributed by atoms with Gasteiger partial charge < -0.3 is 10.1 Å². The quantitative estimate of drug-likeness (QED) is 0.943. The van der Waals surface area contributed by atoms with E-state index in [0.29, 0.717) is 11.3 Å². The lowest BCUT2D eigenvalue weighted by Gasteiger charge is -2.10. The number of rotatable bonds is 4. The van der Waals surface area contributed by atoms with Gasteiger partial charge in [-0.05, 0) is 36.8 Å². The van der Waals surface area contributed by atoms with Gasteiger partial charge in [0.05, 0.1) is 12.1 Å². The van der Waals surface area contributed by atoms with Gasteiger partial charge in [-0.1, -0.05) is 12.1 Å². The molecule has 8 heteroatoms. The predicted octanol–water partition coefficient (Wildman–Crippen LogP) is 2.86. The van der Waals surface area contributed by atoms with E-state index in [0.717, 1.165) is 6.07 Å². The van der Waals surface area contributed by atoms with Crippen molar-refractivity contribution in [2.45, 2.75) is 19.7 Å². The van der Waals surface area contributed by atoms with Crippen LogP contribution in [0.2, 0.25) is 0 Å². The lowest BCUT2D eigenvalue weighted by molar-refractivity contribution is -0.274. The van der Waals surface area contributed by atoms with E-state index in [9.17, 15) is 18.0 Å². The number of carbonyl (C=O) groups is 1. The summed E-state index contributed by atoms with van der Waals surface area (Å²) < 4.78 is 40.2. The summed E-state index contributed by atoms with van der Waals surface area (Å²) in [4.78, 5) is 11.8. The number of carbonyl (C=O) groups excluding carboxylic acids is 1. The summed E-state index contributed by atoms with van der Waals surface area (Å²) in [6.07, 6.45) is -4.87. The first-order chi connectivity index (χ1) is 10.3. The van der Waals surface area contributed by atoms with Gasteiger partial charge >= 0.3 is 6.36 Å². The second-order valence-corrected chi connectivity index (χ2v) is 4.48. The van der Waals surface area contributed by atoms with Crippen molar-refractivity contribution in [1.29, 1.82) is 0 Å². The van der Waals surface area contributed by atoms with Gasteiger partial charge in [-0.25, -0.2) is 0 Å². The van der Waals surface area contributed by atoms with Crippen LogP contribution in [0.1, 0.15) is 11.3 Å². The van der Waals surface area contributed by atoms with Gasteiger partial charge in [-0.3, -0.25) is 4.79 Å². The van der Waals surface area contributed by atoms with Crippen LogP contribution in [0.5, 0.6) is 5.75 Å². The number of nitrogens with one attached hydrogen (secondary N) is 1. The molecule has 0 bridgehead atoms. The maximum Gasteiger partial charge on any atom is 0.573 e. The number of halogens is 3. The minimum Gasteiger partial charge on any atom is -0.406 e. The summed E-state index contributed by atoms with van der Waals surface area (Å²) in [5.41, 5.74) is 1.09. The highest BCUT2D eigenvalue weighted by Gasteiger charge is 2.31. The molecule has 1 aromatic carbocycles. The van der Waals surface area contributed by atoms with E-state index in [4.69, 9.17) is 0 Å². The lowest BCUT2D eigenvalue weighted by Crippen LogP contribution is -2.18. The average molecular weight is 311 g/mol. The number of nitrogens with zero attached hydrogens (tertiary/aromatic N) is 2. The van der Waals surface area contributed by atoms with Crippen molar-refractivity contribution in [3.63, 3.8) is 0 Å². The van der Waals surface area contributed by atoms with E-state index >= 15 is 0 Å². The van der Waals surface area contributed by atoms with Crippen molar-refractivity contribution >= 4 is 11.7 Å². The lowest BCUT2D eigenvalue weighted by atomic mass is 10.1. The molecule has 5 nitrogen and oxygen atoms in total. The zero-order valence-corrected chi connectivity index (χ0v) is 11.5. The van der Waals surface area contributed by atoms with Crippen LogP contribution in [-0.2, 0) is 11.2 Å². The third-order valence-corrected chi connectivity index (χ3v) is 2.56. The first-order valence-electron chi connectivity index (χ1n) is 6.27. The maximum atomic E-state index is 12.1. The van der Waals surface area contributed by atoms with E-state index in [1.807, 2.05) is 0 Å². The molecule has 0 atom stereocenters. The molecule has 0 fully saturated rings. The van der Waals surface area contributed by atoms with Gasteiger partial charge in [0.2, 0.25) is 5.91 Å². The largest absolute Gasteiger partial charge is 0.573 e. The fourth-order valence-corrected chi connectivity index (χ4v) is 1.69. The maximum absolute atomic E-state index is 12.1. The smallest absolute Gasteiger partial charge is 0.406 e. The fraction of sp³-hybridized carbons (Fsp3) is 0.214. The normalized spacial score (nSPS) is 11.1. The highest BCUT2D eigenvalue weighted by atomic mass is 19.4. The Morgan fingerprint density at radius 2 is 2.00 bits per heavy atom. The molecule has 0 saturated heterocycles. The Bertz CT molecular complexity index is 657. The Balaban J connectivity index is 1.99. The van der Waals surface area contributed by atoms with Gasteiger partial charge in [0.1, 0.15) is 5.75 Å². The zero-order chi connectivity index (χ0) is 16.2. The average Bonchev–Trinajstić information content (AvgIpc) is 2.40. The van der Waals surface area contributed by atoms with Gasteiger partial charge in [-0.2, -0.15) is 5.10 Å². The van der Waals surface area contributed by atoms with Crippen LogP contribution in [0.25, 0.3) is 0 Å². The molecule has 2 rings (SSSR count). The molecular weight excluding hydrogens is 299 g/mol. The van der Waals surface area contributed by atoms with Crippen LogP contribution in [0, 0.1) is 6.92 Å². The Morgan fingerprint density at radius 1 is 1.23 bits per heavy atom. The number of aryl methyl sites for hydroxylation is 1. The molecule has 0 aliphatic rings. The zero-order valence-electron chi connectivity index (χ0n) is 11.5. The van der Waals surface area contributed by atoms with Crippen LogP contribution in [-0.4, -0.2) is 22.5 Å². The molecule has 22 heavy (non-hydrogen) atoms. The van der Waals surface area contributed by atoms with E-state index in [1.165, 1.54) is 18.2 Å². The summed E-state index contributed by atoms with van der Waals surface area (Å²) in [5, 5.41) is 10.1. The fourth-order valence-electron chi connectivity index (χ4n) is 1.69. The monoisotopic (exact) mass is 311 g/mol. The van der Waals surface area contributed by atoms with Gasteiger partial charge in [-0.15, -0.1) is 18.3 Å². The van der Waals surface area contributed by atoms with Crippen molar-refractivity contribution in [2.24, 2.45) is 0 Å². The molecule has 1 aromatic heterocycles. The molecule has 0 unspecified atom stereocenters. The minimum atomic E-state index is -4.77. The van der Waals surface area contributed by atoms with Crippen molar-refractivity contribution in [1.82, 2.24) is 10.2 Å². The molecule has 2 aromatic rings. The van der Waals surface area contributed by atoms with Gasteiger partial charge in [0.25, 0.3) is 0 Å². The number of amides is 1. The van der Waals surface area contributed by atoms with E-state index < -0.39 is 12.3 Å². The minimum absolute atomic E-state index is 0.107. The van der Waals surface area contributed by atoms with Crippen molar-refractivity contribution in [3.8, 4) is 5.75 Å². The molecule has 0 aliphatic carbocycles. The van der Waals surface area contributed by atoms with Crippen molar-refractivity contribution in [2.75, 3.05) is 5.32 Å². The SMILES string of the molecule is Cc1ccc(NC(=O)Cc2cccc(OC(F)(F)F)c2)nn1. The molecule has 1 N–H and O–H groups in total. The van der Waals surface area contributed by atoms with Crippen molar-refractivity contribution in [3.05, 3.63) is 47.7 Å². The number of benzene rings is 1. The van der Waals surface area contributed by atoms with E-state index in [-0.39, 0.29) is 18.0 Å². The third kappa shape index (κ3) is 5.04. The number of anilines is 1. The topological polar surface area (TPSA) is 64.1 Å². The first-order valence-corrected chi connectivity index (χ1v) is 6.27. The first kappa shape index (κ1) is 15.7. The number of aromatic nitrogens is 2. The standard InChI is InChI=1S/C14H12F3N3O2/c1-9-5-6-12(20-19-9)18-13(21)8-10-3-2-4-11(7-10)22-14(15,16)17/h2-7H,8H2,1H3,(H,18,20,21). The Morgan fingerprint density at radius 3 is 2.64 bits per heavy atom. The highest BCUT2D eigenvalue weighted by molar-refractivity contribution is 5.91. The van der Waals surface area contributed by atoms with E-state index in [2.05, 4.69) is 20.3 Å². The number of ether oxygens (including phenoxy) is 1. The molecule has 1 amide bonds. The molecule has 116 valence electrons. The summed E-state index contributed by atoms with van der Waals surface area (Å²) in [6.45, 7) is 1.75. The third-order valence-electron chi connectivity index (χ3n) is 2.56. The van der Waals surface area contributed by atoms with Gasteiger partial charge in [0, 0.05) is 0 Å². The van der Waals surface area contributed by atoms with Crippen LogP contribution < -0.4 is 10.1 Å². The summed E-state index contributed by atoms with van der Waals surface area (Å²) in [7, 11) is 0. The Hall–Kier alpha value is -2.64. The summed E-state index contributed by atoms with van der Waals surface area (Å²) in [5.74, 6) is -0.506. The molecular formula is C14H12F3N3O2. The number of hydrogen-bond acceptors (Lipinski definition) is 4. The van der Waals surface area contributed by atoms with Gasteiger partial charge in [0.15, 0.2) is 5.82 Å². The molecule has 0 saturated carbocycles. The molecule has 1 heterocycles. The number of alkyl halides is 3. The highest BCUT2D eigenvalue weighted by Crippen LogP contribution is 2.23. The van der Waals surface area contributed by atoms with Crippen LogP contribution in [0.4, 0.5) is 19.0 Å². The summed E-state index contributed by atoms with van der Waals surface area (Å²) >= 11 is 0. The predicted molar refractivity (Wildman–Crippen MR) is 72.2 cm³/mol. The Labute approximate surface area is 124 Å². The summed E-state index contributed by atoms with van der Waals surface area (Å²) in [6, 6.07) is 8.51. The second kappa shape index (κ2) is 6.42. The van der Waals surface area contributed by atoms with E-state index in [1.54, 1.807) is 19.1 Å². The van der Waals surface area contributed by atoms with Crippen LogP contribution >= 0.6 is 0 Å². The van der Waals surface area contributed by atoms with Crippen molar-refractivity contribution < 1.29 is 22.7 Å². The second-order valence-electron chi connectivity index (χ2n) is 4.48. The molecule has 0 aliphatic heterocycles.